The van der Waals surface area contributed by atoms with E-state index in [1.165, 1.54) is 5.56 Å². The van der Waals surface area contributed by atoms with Crippen molar-refractivity contribution in [2.24, 2.45) is 5.92 Å². The smallest absolute Gasteiger partial charge is 0.548 e. The standard InChI is InChI=1S/C19H27N3O4.K/c1-22-9-3-7-14-6-2-8-15(17(14)22)20-19(25)21-16(18(23)24)11-13-5-4-10-26-12-13;/h2,6,8,13,16H,3-5,7,9-12H2,1H3,(H,23,24)(H2,20,21,25);/q;+1/p-1. The molecular weight excluding hydrogens is 373 g/mol. The van der Waals surface area contributed by atoms with Gasteiger partial charge in [-0.3, -0.25) is 0 Å². The van der Waals surface area contributed by atoms with Crippen molar-refractivity contribution < 1.29 is 70.8 Å². The van der Waals surface area contributed by atoms with Crippen molar-refractivity contribution in [1.82, 2.24) is 5.32 Å². The van der Waals surface area contributed by atoms with E-state index < -0.39 is 18.0 Å². The minimum absolute atomic E-state index is 0. The van der Waals surface area contributed by atoms with Crippen LogP contribution in [0.2, 0.25) is 0 Å². The number of nitrogens with zero attached hydrogens (tertiary/aromatic N) is 1. The van der Waals surface area contributed by atoms with Crippen LogP contribution in [-0.4, -0.2) is 44.8 Å². The number of carbonyl (C=O) groups excluding carboxylic acids is 2. The van der Waals surface area contributed by atoms with Crippen LogP contribution in [0.1, 0.15) is 31.2 Å². The number of benzene rings is 1. The largest absolute Gasteiger partial charge is 1.00 e. The van der Waals surface area contributed by atoms with E-state index >= 15 is 0 Å². The van der Waals surface area contributed by atoms with E-state index in [1.807, 2.05) is 19.2 Å². The van der Waals surface area contributed by atoms with E-state index in [2.05, 4.69) is 21.6 Å². The molecule has 1 aromatic carbocycles. The molecule has 1 fully saturated rings. The number of para-hydroxylation sites is 1. The molecule has 0 saturated carbocycles. The molecule has 0 radical (unpaired) electrons. The third kappa shape index (κ3) is 6.17. The zero-order chi connectivity index (χ0) is 18.5. The molecule has 2 heterocycles. The van der Waals surface area contributed by atoms with Crippen LogP contribution in [0.3, 0.4) is 0 Å². The molecule has 142 valence electrons. The van der Waals surface area contributed by atoms with Crippen LogP contribution in [0.5, 0.6) is 0 Å². The molecule has 2 aliphatic heterocycles. The number of anilines is 2. The van der Waals surface area contributed by atoms with Crippen molar-refractivity contribution in [3.05, 3.63) is 23.8 Å². The molecule has 2 atom stereocenters. The summed E-state index contributed by atoms with van der Waals surface area (Å²) in [5, 5.41) is 16.8. The maximum Gasteiger partial charge on any atom is 1.00 e. The van der Waals surface area contributed by atoms with Gasteiger partial charge < -0.3 is 30.2 Å². The molecule has 0 aromatic heterocycles. The summed E-state index contributed by atoms with van der Waals surface area (Å²) in [6.07, 6.45) is 4.20. The quantitative estimate of drug-likeness (QED) is 0.566. The first-order chi connectivity index (χ1) is 12.5. The number of hydrogen-bond donors (Lipinski definition) is 2. The zero-order valence-corrected chi connectivity index (χ0v) is 19.2. The Kier molecular flexibility index (Phi) is 9.04. The van der Waals surface area contributed by atoms with Gasteiger partial charge in [-0.1, -0.05) is 12.1 Å². The van der Waals surface area contributed by atoms with E-state index in [9.17, 15) is 14.7 Å². The third-order valence-corrected chi connectivity index (χ3v) is 5.10. The fourth-order valence-corrected chi connectivity index (χ4v) is 3.82. The predicted molar refractivity (Wildman–Crippen MR) is 97.1 cm³/mol. The summed E-state index contributed by atoms with van der Waals surface area (Å²) in [5.41, 5.74) is 2.88. The number of carboxylic acids is 1. The summed E-state index contributed by atoms with van der Waals surface area (Å²) in [4.78, 5) is 26.0. The number of hydrogen-bond acceptors (Lipinski definition) is 5. The fourth-order valence-electron chi connectivity index (χ4n) is 3.82. The number of carbonyl (C=O) groups is 2. The normalized spacial score (nSPS) is 20.0. The second kappa shape index (κ2) is 10.8. The minimum atomic E-state index is -1.27. The maximum atomic E-state index is 12.4. The molecule has 2 N–H and O–H groups in total. The van der Waals surface area contributed by atoms with Gasteiger partial charge in [0.05, 0.1) is 23.4 Å². The van der Waals surface area contributed by atoms with Crippen molar-refractivity contribution in [1.29, 1.82) is 0 Å². The summed E-state index contributed by atoms with van der Waals surface area (Å²) in [6, 6.07) is 4.25. The van der Waals surface area contributed by atoms with Gasteiger partial charge in [0.2, 0.25) is 0 Å². The Labute approximate surface area is 202 Å². The number of amides is 2. The Bertz CT molecular complexity index is 664. The molecule has 0 bridgehead atoms. The van der Waals surface area contributed by atoms with Crippen LogP contribution < -0.4 is 72.0 Å². The number of nitrogens with one attached hydrogen (secondary N) is 2. The molecule has 2 amide bonds. The van der Waals surface area contributed by atoms with Gasteiger partial charge in [-0.2, -0.15) is 0 Å². The van der Waals surface area contributed by atoms with Crippen LogP contribution in [-0.2, 0) is 16.0 Å². The third-order valence-electron chi connectivity index (χ3n) is 5.10. The zero-order valence-electron chi connectivity index (χ0n) is 16.1. The summed E-state index contributed by atoms with van der Waals surface area (Å²) in [6.45, 7) is 2.17. The maximum absolute atomic E-state index is 12.4. The molecule has 27 heavy (non-hydrogen) atoms. The molecule has 1 aromatic rings. The minimum Gasteiger partial charge on any atom is -0.548 e. The Hall–Kier alpha value is -0.644. The number of urea groups is 1. The summed E-state index contributed by atoms with van der Waals surface area (Å²) >= 11 is 0. The van der Waals surface area contributed by atoms with Gasteiger partial charge in [-0.25, -0.2) is 4.79 Å². The van der Waals surface area contributed by atoms with Gasteiger partial charge in [-0.05, 0) is 49.7 Å². The van der Waals surface area contributed by atoms with Crippen molar-refractivity contribution >= 4 is 23.4 Å². The molecule has 1 saturated heterocycles. The van der Waals surface area contributed by atoms with Gasteiger partial charge >= 0.3 is 57.4 Å². The van der Waals surface area contributed by atoms with E-state index in [4.69, 9.17) is 4.74 Å². The van der Waals surface area contributed by atoms with Crippen LogP contribution in [0, 0.1) is 5.92 Å². The van der Waals surface area contributed by atoms with Crippen molar-refractivity contribution in [3.63, 3.8) is 0 Å². The molecule has 0 aliphatic carbocycles. The number of rotatable bonds is 5. The van der Waals surface area contributed by atoms with E-state index in [0.29, 0.717) is 25.3 Å². The first-order valence-corrected chi connectivity index (χ1v) is 9.23. The van der Waals surface area contributed by atoms with Gasteiger partial charge in [0, 0.05) is 26.8 Å². The average Bonchev–Trinajstić information content (AvgIpc) is 2.62. The average molecular weight is 400 g/mol. The number of aryl methyl sites for hydroxylation is 1. The number of fused-ring (bicyclic) bond motifs is 1. The van der Waals surface area contributed by atoms with Crippen molar-refractivity contribution in [2.45, 2.75) is 38.1 Å². The van der Waals surface area contributed by atoms with E-state index in [1.54, 1.807) is 0 Å². The number of carboxylic acid groups (broad SMARTS) is 1. The van der Waals surface area contributed by atoms with Gasteiger partial charge in [-0.15, -0.1) is 0 Å². The summed E-state index contributed by atoms with van der Waals surface area (Å²) in [5.74, 6) is -1.14. The van der Waals surface area contributed by atoms with Gasteiger partial charge in [0.15, 0.2) is 0 Å². The van der Waals surface area contributed by atoms with Crippen molar-refractivity contribution in [2.75, 3.05) is 37.0 Å². The molecular formula is C19H26KN3O4. The molecule has 3 rings (SSSR count). The van der Waals surface area contributed by atoms with Gasteiger partial charge in [0.1, 0.15) is 0 Å². The van der Waals surface area contributed by atoms with Gasteiger partial charge in [0.25, 0.3) is 0 Å². The Balaban J connectivity index is 0.00000261. The monoisotopic (exact) mass is 399 g/mol. The number of aliphatic carboxylic acids is 1. The topological polar surface area (TPSA) is 93.7 Å². The fraction of sp³-hybridized carbons (Fsp3) is 0.579. The predicted octanol–water partition coefficient (Wildman–Crippen LogP) is -1.87. The van der Waals surface area contributed by atoms with E-state index in [-0.39, 0.29) is 57.3 Å². The summed E-state index contributed by atoms with van der Waals surface area (Å²) in [7, 11) is 1.99. The van der Waals surface area contributed by atoms with E-state index in [0.717, 1.165) is 37.9 Å². The molecule has 0 spiro atoms. The van der Waals surface area contributed by atoms with Crippen molar-refractivity contribution in [3.8, 4) is 0 Å². The van der Waals surface area contributed by atoms with Crippen LogP contribution in [0.4, 0.5) is 16.2 Å². The van der Waals surface area contributed by atoms with Crippen LogP contribution in [0.15, 0.2) is 18.2 Å². The SMILES string of the molecule is CN1CCCc2cccc(NC(=O)NC(CC3CCCOC3)C(=O)[O-])c21.[K+]. The molecule has 2 unspecified atom stereocenters. The Morgan fingerprint density at radius 1 is 1.37 bits per heavy atom. The molecule has 2 aliphatic rings. The van der Waals surface area contributed by atoms with Crippen LogP contribution >= 0.6 is 0 Å². The second-order valence-electron chi connectivity index (χ2n) is 7.13. The Morgan fingerprint density at radius 3 is 2.89 bits per heavy atom. The second-order valence-corrected chi connectivity index (χ2v) is 7.13. The Morgan fingerprint density at radius 2 is 2.19 bits per heavy atom. The molecule has 7 nitrogen and oxygen atoms in total. The first-order valence-electron chi connectivity index (χ1n) is 9.23. The number of ether oxygens (including phenoxy) is 1. The molecule has 8 heteroatoms. The summed E-state index contributed by atoms with van der Waals surface area (Å²) < 4.78 is 5.39. The first kappa shape index (κ1) is 22.6. The van der Waals surface area contributed by atoms with Crippen LogP contribution in [0.25, 0.3) is 0 Å².